The van der Waals surface area contributed by atoms with Crippen LogP contribution in [0.2, 0.25) is 0 Å². The monoisotopic (exact) mass is 219 g/mol. The quantitative estimate of drug-likeness (QED) is 0.656. The third kappa shape index (κ3) is 4.44. The van der Waals surface area contributed by atoms with Crippen LogP contribution in [-0.2, 0) is 9.53 Å². The molecular weight excluding hydrogens is 205 g/mol. The minimum atomic E-state index is -1.65. The van der Waals surface area contributed by atoms with Crippen molar-refractivity contribution in [2.45, 2.75) is 18.9 Å². The van der Waals surface area contributed by atoms with Gasteiger partial charge in [0.1, 0.15) is 12.1 Å². The van der Waals surface area contributed by atoms with Crippen molar-refractivity contribution in [2.24, 2.45) is 0 Å². The van der Waals surface area contributed by atoms with Crippen molar-refractivity contribution in [1.82, 2.24) is 5.32 Å². The lowest BCUT2D eigenvalue weighted by atomic mass is 9.99. The molecule has 0 aliphatic carbocycles. The minimum Gasteiger partial charge on any atom is -0.480 e. The Kier molecular flexibility index (Phi) is 5.36. The zero-order chi connectivity index (χ0) is 11.9. The topological polar surface area (TPSA) is 75.6 Å². The Morgan fingerprint density at radius 1 is 1.67 bits per heavy atom. The molecule has 2 N–H and O–H groups in total. The number of hydrogen-bond donors (Lipinski definition) is 2. The van der Waals surface area contributed by atoms with Crippen molar-refractivity contribution in [3.8, 4) is 0 Å². The lowest BCUT2D eigenvalue weighted by molar-refractivity contribution is -0.144. The molecule has 0 radical (unpaired) electrons. The second kappa shape index (κ2) is 6.00. The van der Waals surface area contributed by atoms with Crippen molar-refractivity contribution in [2.75, 3.05) is 13.3 Å². The standard InChI is InChI=1S/C9H14FNO4/c1-3-6-15-8(14)11-9(2,4-5-10)7(12)13/h3H,1,4-6H2,2H3,(H,11,14)(H,12,13). The van der Waals surface area contributed by atoms with Gasteiger partial charge >= 0.3 is 12.1 Å². The van der Waals surface area contributed by atoms with Crippen molar-refractivity contribution >= 4 is 12.1 Å². The highest BCUT2D eigenvalue weighted by Crippen LogP contribution is 2.10. The highest BCUT2D eigenvalue weighted by Gasteiger charge is 2.35. The first kappa shape index (κ1) is 13.4. The van der Waals surface area contributed by atoms with E-state index in [0.717, 1.165) is 0 Å². The number of halogens is 1. The van der Waals surface area contributed by atoms with Gasteiger partial charge in [-0.25, -0.2) is 9.59 Å². The number of ether oxygens (including phenoxy) is 1. The highest BCUT2D eigenvalue weighted by atomic mass is 19.1. The first-order chi connectivity index (χ1) is 6.96. The Labute approximate surface area is 86.9 Å². The summed E-state index contributed by atoms with van der Waals surface area (Å²) in [5.41, 5.74) is -1.65. The summed E-state index contributed by atoms with van der Waals surface area (Å²) >= 11 is 0. The van der Waals surface area contributed by atoms with Crippen molar-refractivity contribution in [3.63, 3.8) is 0 Å². The van der Waals surface area contributed by atoms with Gasteiger partial charge in [0.05, 0.1) is 6.67 Å². The predicted octanol–water partition coefficient (Wildman–Crippen LogP) is 1.10. The van der Waals surface area contributed by atoms with Gasteiger partial charge in [0, 0.05) is 6.42 Å². The molecule has 1 amide bonds. The number of carboxylic acid groups (broad SMARTS) is 1. The van der Waals surface area contributed by atoms with Gasteiger partial charge < -0.3 is 15.2 Å². The summed E-state index contributed by atoms with van der Waals surface area (Å²) in [6.07, 6.45) is 0.117. The van der Waals surface area contributed by atoms with E-state index in [1.54, 1.807) is 0 Å². The molecule has 0 saturated carbocycles. The zero-order valence-electron chi connectivity index (χ0n) is 8.46. The van der Waals surface area contributed by atoms with Gasteiger partial charge in [0.25, 0.3) is 0 Å². The zero-order valence-corrected chi connectivity index (χ0v) is 8.46. The van der Waals surface area contributed by atoms with Crippen LogP contribution in [0.5, 0.6) is 0 Å². The predicted molar refractivity (Wildman–Crippen MR) is 51.3 cm³/mol. The number of carbonyl (C=O) groups excluding carboxylic acids is 1. The Bertz CT molecular complexity index is 256. The minimum absolute atomic E-state index is 0.0306. The van der Waals surface area contributed by atoms with E-state index < -0.39 is 24.3 Å². The Hall–Kier alpha value is -1.59. The molecule has 0 heterocycles. The van der Waals surface area contributed by atoms with E-state index in [1.165, 1.54) is 13.0 Å². The second-order valence-corrected chi connectivity index (χ2v) is 3.09. The van der Waals surface area contributed by atoms with Crippen molar-refractivity contribution < 1.29 is 23.8 Å². The van der Waals surface area contributed by atoms with Crippen LogP contribution in [0.15, 0.2) is 12.7 Å². The fourth-order valence-electron chi connectivity index (χ4n) is 0.808. The van der Waals surface area contributed by atoms with E-state index in [9.17, 15) is 14.0 Å². The Morgan fingerprint density at radius 2 is 2.27 bits per heavy atom. The molecule has 0 aliphatic heterocycles. The van der Waals surface area contributed by atoms with E-state index in [0.29, 0.717) is 0 Å². The number of nitrogens with one attached hydrogen (secondary N) is 1. The molecule has 0 bridgehead atoms. The molecule has 6 heteroatoms. The number of carbonyl (C=O) groups is 2. The third-order valence-electron chi connectivity index (χ3n) is 1.78. The van der Waals surface area contributed by atoms with Crippen LogP contribution < -0.4 is 5.32 Å². The maximum Gasteiger partial charge on any atom is 0.408 e. The molecule has 0 saturated heterocycles. The number of carboxylic acids is 1. The van der Waals surface area contributed by atoms with E-state index in [2.05, 4.69) is 16.6 Å². The number of alkyl carbamates (subject to hydrolysis) is 1. The molecule has 0 fully saturated rings. The molecular formula is C9H14FNO4. The maximum absolute atomic E-state index is 12.1. The molecule has 0 aromatic carbocycles. The average molecular weight is 219 g/mol. The van der Waals surface area contributed by atoms with Gasteiger partial charge in [0.2, 0.25) is 0 Å². The fourth-order valence-corrected chi connectivity index (χ4v) is 0.808. The van der Waals surface area contributed by atoms with E-state index in [4.69, 9.17) is 5.11 Å². The van der Waals surface area contributed by atoms with Gasteiger partial charge in [-0.2, -0.15) is 0 Å². The first-order valence-corrected chi connectivity index (χ1v) is 4.31. The maximum atomic E-state index is 12.1. The SMILES string of the molecule is C=CCOC(=O)NC(C)(CCF)C(=O)O. The van der Waals surface area contributed by atoms with Crippen molar-refractivity contribution in [3.05, 3.63) is 12.7 Å². The van der Waals surface area contributed by atoms with Gasteiger partial charge in [0.15, 0.2) is 0 Å². The normalized spacial score (nSPS) is 13.7. The van der Waals surface area contributed by atoms with E-state index in [1.807, 2.05) is 0 Å². The van der Waals surface area contributed by atoms with Gasteiger partial charge in [-0.05, 0) is 6.92 Å². The smallest absolute Gasteiger partial charge is 0.408 e. The van der Waals surface area contributed by atoms with Crippen LogP contribution in [0, 0.1) is 0 Å². The molecule has 1 atom stereocenters. The number of alkyl halides is 1. The largest absolute Gasteiger partial charge is 0.480 e. The average Bonchev–Trinajstić information content (AvgIpc) is 2.14. The molecule has 0 rings (SSSR count). The summed E-state index contributed by atoms with van der Waals surface area (Å²) in [7, 11) is 0. The van der Waals surface area contributed by atoms with Gasteiger partial charge in [-0.15, -0.1) is 0 Å². The lowest BCUT2D eigenvalue weighted by Gasteiger charge is -2.24. The molecule has 0 aromatic heterocycles. The van der Waals surface area contributed by atoms with Crippen LogP contribution in [0.1, 0.15) is 13.3 Å². The van der Waals surface area contributed by atoms with Gasteiger partial charge in [-0.1, -0.05) is 12.7 Å². The summed E-state index contributed by atoms with van der Waals surface area (Å²) in [4.78, 5) is 21.8. The molecule has 86 valence electrons. The summed E-state index contributed by atoms with van der Waals surface area (Å²) in [5.74, 6) is -1.31. The molecule has 1 unspecified atom stereocenters. The highest BCUT2D eigenvalue weighted by molar-refractivity contribution is 5.83. The molecule has 5 nitrogen and oxygen atoms in total. The van der Waals surface area contributed by atoms with Gasteiger partial charge in [-0.3, -0.25) is 4.39 Å². The molecule has 15 heavy (non-hydrogen) atoms. The lowest BCUT2D eigenvalue weighted by Crippen LogP contribution is -2.52. The van der Waals surface area contributed by atoms with Crippen LogP contribution in [0.25, 0.3) is 0 Å². The number of aliphatic carboxylic acids is 1. The van der Waals surface area contributed by atoms with Crippen LogP contribution in [0.3, 0.4) is 0 Å². The summed E-state index contributed by atoms with van der Waals surface area (Å²) in [6, 6.07) is 0. The van der Waals surface area contributed by atoms with Crippen LogP contribution in [-0.4, -0.2) is 36.0 Å². The summed E-state index contributed by atoms with van der Waals surface area (Å²) in [5, 5.41) is 10.9. The first-order valence-electron chi connectivity index (χ1n) is 4.31. The second-order valence-electron chi connectivity index (χ2n) is 3.09. The number of amides is 1. The number of rotatable bonds is 6. The molecule has 0 aliphatic rings. The Morgan fingerprint density at radius 3 is 2.67 bits per heavy atom. The van der Waals surface area contributed by atoms with E-state index in [-0.39, 0.29) is 13.0 Å². The third-order valence-corrected chi connectivity index (χ3v) is 1.78. The summed E-state index contributed by atoms with van der Waals surface area (Å²) in [6.45, 7) is 3.66. The molecule has 0 aromatic rings. The van der Waals surface area contributed by atoms with Crippen molar-refractivity contribution in [1.29, 1.82) is 0 Å². The number of hydrogen-bond acceptors (Lipinski definition) is 3. The summed E-state index contributed by atoms with van der Waals surface area (Å²) < 4.78 is 16.6. The Balaban J connectivity index is 4.34. The molecule has 0 spiro atoms. The fraction of sp³-hybridized carbons (Fsp3) is 0.556. The van der Waals surface area contributed by atoms with E-state index >= 15 is 0 Å². The van der Waals surface area contributed by atoms with Crippen LogP contribution in [0.4, 0.5) is 9.18 Å². The van der Waals surface area contributed by atoms with Crippen LogP contribution >= 0.6 is 0 Å².